The zero-order chi connectivity index (χ0) is 16.3. The molecule has 7 heteroatoms. The van der Waals surface area contributed by atoms with E-state index in [0.29, 0.717) is 25.1 Å². The van der Waals surface area contributed by atoms with Crippen molar-refractivity contribution in [2.75, 3.05) is 20.1 Å². The molecular formula is C15H18F4N2O. The molecule has 1 heterocycles. The zero-order valence-electron chi connectivity index (χ0n) is 12.2. The quantitative estimate of drug-likeness (QED) is 0.866. The summed E-state index contributed by atoms with van der Waals surface area (Å²) in [6.07, 6.45) is -3.43. The first-order chi connectivity index (χ1) is 10.3. The summed E-state index contributed by atoms with van der Waals surface area (Å²) in [5.74, 6) is -1.08. The molecule has 1 aromatic rings. The Kier molecular flexibility index (Phi) is 5.05. The van der Waals surface area contributed by atoms with Gasteiger partial charge in [0.1, 0.15) is 5.82 Å². The molecule has 3 nitrogen and oxygen atoms in total. The molecular weight excluding hydrogens is 300 g/mol. The fraction of sp³-hybridized carbons (Fsp3) is 0.533. The summed E-state index contributed by atoms with van der Waals surface area (Å²) in [7, 11) is 1.58. The molecule has 0 radical (unpaired) electrons. The van der Waals surface area contributed by atoms with Crippen LogP contribution in [-0.2, 0) is 17.5 Å². The van der Waals surface area contributed by atoms with Crippen molar-refractivity contribution in [3.8, 4) is 0 Å². The van der Waals surface area contributed by atoms with Gasteiger partial charge < -0.3 is 5.32 Å². The Morgan fingerprint density at radius 1 is 1.41 bits per heavy atom. The Morgan fingerprint density at radius 2 is 2.14 bits per heavy atom. The van der Waals surface area contributed by atoms with E-state index in [-0.39, 0.29) is 11.8 Å². The van der Waals surface area contributed by atoms with Crippen LogP contribution in [0.25, 0.3) is 0 Å². The molecule has 0 aromatic heterocycles. The van der Waals surface area contributed by atoms with Gasteiger partial charge in [-0.25, -0.2) is 4.39 Å². The van der Waals surface area contributed by atoms with Crippen LogP contribution in [0.2, 0.25) is 0 Å². The number of carbonyl (C=O) groups excluding carboxylic acids is 1. The lowest BCUT2D eigenvalue weighted by Crippen LogP contribution is -2.24. The second-order valence-corrected chi connectivity index (χ2v) is 5.58. The predicted molar refractivity (Wildman–Crippen MR) is 73.5 cm³/mol. The monoisotopic (exact) mass is 318 g/mol. The molecule has 1 N–H and O–H groups in total. The summed E-state index contributed by atoms with van der Waals surface area (Å²) >= 11 is 0. The highest BCUT2D eigenvalue weighted by atomic mass is 19.4. The Hall–Kier alpha value is -1.63. The first kappa shape index (κ1) is 16.7. The summed E-state index contributed by atoms with van der Waals surface area (Å²) in [4.78, 5) is 13.3. The lowest BCUT2D eigenvalue weighted by atomic mass is 10.0. The van der Waals surface area contributed by atoms with Crippen molar-refractivity contribution in [2.24, 2.45) is 5.92 Å². The van der Waals surface area contributed by atoms with Crippen LogP contribution >= 0.6 is 0 Å². The molecule has 1 atom stereocenters. The molecule has 1 fully saturated rings. The van der Waals surface area contributed by atoms with Crippen LogP contribution in [0.15, 0.2) is 18.2 Å². The number of nitrogens with one attached hydrogen (secondary N) is 1. The van der Waals surface area contributed by atoms with E-state index in [0.717, 1.165) is 25.1 Å². The second-order valence-electron chi connectivity index (χ2n) is 5.58. The van der Waals surface area contributed by atoms with Gasteiger partial charge in [0.25, 0.3) is 0 Å². The molecule has 2 rings (SSSR count). The molecule has 122 valence electrons. The van der Waals surface area contributed by atoms with Gasteiger partial charge in [0.05, 0.1) is 5.56 Å². The zero-order valence-corrected chi connectivity index (χ0v) is 12.2. The van der Waals surface area contributed by atoms with Crippen LogP contribution in [0.1, 0.15) is 24.0 Å². The van der Waals surface area contributed by atoms with E-state index in [4.69, 9.17) is 0 Å². The molecule has 1 aliphatic rings. The molecule has 0 unspecified atom stereocenters. The van der Waals surface area contributed by atoms with Crippen LogP contribution in [0.4, 0.5) is 17.6 Å². The highest BCUT2D eigenvalue weighted by Gasteiger charge is 2.34. The summed E-state index contributed by atoms with van der Waals surface area (Å²) in [6, 6.07) is 3.09. The van der Waals surface area contributed by atoms with Crippen molar-refractivity contribution in [1.82, 2.24) is 10.2 Å². The number of benzene rings is 1. The second kappa shape index (κ2) is 6.64. The molecule has 1 aliphatic heterocycles. The van der Waals surface area contributed by atoms with Gasteiger partial charge in [0, 0.05) is 26.6 Å². The number of nitrogens with zero attached hydrogens (tertiary/aromatic N) is 1. The molecule has 0 spiro atoms. The third kappa shape index (κ3) is 4.19. The number of rotatable bonds is 4. The maximum Gasteiger partial charge on any atom is 0.419 e. The van der Waals surface area contributed by atoms with E-state index in [9.17, 15) is 22.4 Å². The maximum absolute atomic E-state index is 13.2. The van der Waals surface area contributed by atoms with Crippen molar-refractivity contribution >= 4 is 5.91 Å². The van der Waals surface area contributed by atoms with Crippen LogP contribution in [0.3, 0.4) is 0 Å². The highest BCUT2D eigenvalue weighted by molar-refractivity contribution is 5.75. The van der Waals surface area contributed by atoms with Crippen molar-refractivity contribution in [3.63, 3.8) is 0 Å². The van der Waals surface area contributed by atoms with Gasteiger partial charge in [0.15, 0.2) is 0 Å². The molecule has 1 amide bonds. The van der Waals surface area contributed by atoms with Gasteiger partial charge in [-0.05, 0) is 36.6 Å². The lowest BCUT2D eigenvalue weighted by Gasteiger charge is -2.17. The predicted octanol–water partition coefficient (Wildman–Crippen LogP) is 2.80. The van der Waals surface area contributed by atoms with Crippen molar-refractivity contribution < 1.29 is 22.4 Å². The SMILES string of the molecule is CNC(=O)C[C@@H]1CCN(Cc2ccc(F)c(C(F)(F)F)c2)C1. The van der Waals surface area contributed by atoms with Gasteiger partial charge in [-0.1, -0.05) is 6.07 Å². The van der Waals surface area contributed by atoms with Crippen molar-refractivity contribution in [2.45, 2.75) is 25.6 Å². The molecule has 0 bridgehead atoms. The third-order valence-electron chi connectivity index (χ3n) is 3.87. The largest absolute Gasteiger partial charge is 0.419 e. The molecule has 1 aromatic carbocycles. The fourth-order valence-corrected chi connectivity index (χ4v) is 2.73. The van der Waals surface area contributed by atoms with E-state index in [1.54, 1.807) is 7.05 Å². The molecule has 22 heavy (non-hydrogen) atoms. The standard InChI is InChI=1S/C15H18F4N2O/c1-20-14(22)7-11-4-5-21(9-11)8-10-2-3-13(16)12(6-10)15(17,18)19/h2-3,6,11H,4-5,7-9H2,1H3,(H,20,22)/t11-/m0/s1. The summed E-state index contributed by atoms with van der Waals surface area (Å²) in [5.41, 5.74) is -0.805. The average molecular weight is 318 g/mol. The Balaban J connectivity index is 1.99. The fourth-order valence-electron chi connectivity index (χ4n) is 2.73. The summed E-state index contributed by atoms with van der Waals surface area (Å²) in [5, 5.41) is 2.56. The average Bonchev–Trinajstić information content (AvgIpc) is 2.86. The first-order valence-corrected chi connectivity index (χ1v) is 7.08. The number of amides is 1. The molecule has 1 saturated heterocycles. The highest BCUT2D eigenvalue weighted by Crippen LogP contribution is 2.32. The Morgan fingerprint density at radius 3 is 2.77 bits per heavy atom. The van der Waals surface area contributed by atoms with E-state index in [1.165, 1.54) is 6.07 Å². The number of hydrogen-bond acceptors (Lipinski definition) is 2. The summed E-state index contributed by atoms with van der Waals surface area (Å²) < 4.78 is 51.3. The van der Waals surface area contributed by atoms with E-state index in [1.807, 2.05) is 4.90 Å². The molecule has 0 aliphatic carbocycles. The van der Waals surface area contributed by atoms with Crippen LogP contribution in [0, 0.1) is 11.7 Å². The number of carbonyl (C=O) groups is 1. The van der Waals surface area contributed by atoms with Gasteiger partial charge in [-0.2, -0.15) is 13.2 Å². The summed E-state index contributed by atoms with van der Waals surface area (Å²) in [6.45, 7) is 1.71. The number of hydrogen-bond donors (Lipinski definition) is 1. The number of likely N-dealkylation sites (tertiary alicyclic amines) is 1. The first-order valence-electron chi connectivity index (χ1n) is 7.08. The van der Waals surface area contributed by atoms with Crippen molar-refractivity contribution in [1.29, 1.82) is 0 Å². The van der Waals surface area contributed by atoms with Gasteiger partial charge >= 0.3 is 6.18 Å². The molecule has 0 saturated carbocycles. The van der Waals surface area contributed by atoms with Gasteiger partial charge in [-0.3, -0.25) is 9.69 Å². The smallest absolute Gasteiger partial charge is 0.359 e. The van der Waals surface area contributed by atoms with Gasteiger partial charge in [-0.15, -0.1) is 0 Å². The number of halogens is 4. The van der Waals surface area contributed by atoms with Crippen LogP contribution in [0.5, 0.6) is 0 Å². The minimum Gasteiger partial charge on any atom is -0.359 e. The Bertz CT molecular complexity index is 545. The van der Waals surface area contributed by atoms with E-state index < -0.39 is 17.6 Å². The van der Waals surface area contributed by atoms with Crippen LogP contribution in [-0.4, -0.2) is 30.9 Å². The minimum absolute atomic E-state index is 0.0343. The topological polar surface area (TPSA) is 32.3 Å². The third-order valence-corrected chi connectivity index (χ3v) is 3.87. The van der Waals surface area contributed by atoms with E-state index in [2.05, 4.69) is 5.32 Å². The van der Waals surface area contributed by atoms with E-state index >= 15 is 0 Å². The normalized spacial score (nSPS) is 19.4. The van der Waals surface area contributed by atoms with Crippen molar-refractivity contribution in [3.05, 3.63) is 35.1 Å². The minimum atomic E-state index is -4.69. The van der Waals surface area contributed by atoms with Crippen LogP contribution < -0.4 is 5.32 Å². The maximum atomic E-state index is 13.2. The Labute approximate surface area is 126 Å². The number of alkyl halides is 3. The van der Waals surface area contributed by atoms with Gasteiger partial charge in [0.2, 0.25) is 5.91 Å². The lowest BCUT2D eigenvalue weighted by molar-refractivity contribution is -0.140.